The number of halogens is 2. The number of aromatic nitrogens is 2. The van der Waals surface area contributed by atoms with E-state index in [1.54, 1.807) is 29.8 Å². The van der Waals surface area contributed by atoms with Crippen LogP contribution >= 0.6 is 23.2 Å². The Kier molecular flexibility index (Phi) is 4.91. The van der Waals surface area contributed by atoms with Crippen molar-refractivity contribution >= 4 is 29.2 Å². The van der Waals surface area contributed by atoms with Crippen molar-refractivity contribution in [3.63, 3.8) is 0 Å². The Morgan fingerprint density at radius 1 is 1.33 bits per heavy atom. The number of rotatable bonds is 4. The molecule has 0 radical (unpaired) electrons. The Morgan fingerprint density at radius 3 is 2.67 bits per heavy atom. The fraction of sp³-hybridized carbons (Fsp3) is 0.333. The number of aryl methyl sites for hydroxylation is 1. The molecule has 2 rings (SSSR count). The van der Waals surface area contributed by atoms with Crippen molar-refractivity contribution in [3.8, 4) is 5.88 Å². The molecule has 0 aliphatic heterocycles. The lowest BCUT2D eigenvalue weighted by Gasteiger charge is -2.16. The summed E-state index contributed by atoms with van der Waals surface area (Å²) in [6, 6.07) is 7.01. The summed E-state index contributed by atoms with van der Waals surface area (Å²) in [6.07, 6.45) is 0.311. The first-order valence-corrected chi connectivity index (χ1v) is 7.39. The van der Waals surface area contributed by atoms with Crippen LogP contribution in [-0.2, 0) is 4.79 Å². The van der Waals surface area contributed by atoms with Crippen LogP contribution in [0.1, 0.15) is 37.6 Å². The summed E-state index contributed by atoms with van der Waals surface area (Å²) in [5.41, 5.74) is 1.71. The van der Waals surface area contributed by atoms with Gasteiger partial charge in [0.05, 0.1) is 21.8 Å². The van der Waals surface area contributed by atoms with Crippen molar-refractivity contribution in [2.45, 2.75) is 33.2 Å². The zero-order chi connectivity index (χ0) is 15.6. The van der Waals surface area contributed by atoms with Gasteiger partial charge in [-0.1, -0.05) is 36.2 Å². The number of esters is 1. The van der Waals surface area contributed by atoms with Gasteiger partial charge < -0.3 is 4.74 Å². The van der Waals surface area contributed by atoms with Crippen LogP contribution in [-0.4, -0.2) is 15.7 Å². The molecule has 0 aliphatic carbocycles. The van der Waals surface area contributed by atoms with Crippen LogP contribution in [0.15, 0.2) is 24.3 Å². The summed E-state index contributed by atoms with van der Waals surface area (Å²) in [4.78, 5) is 11.5. The SMILES string of the molecule is CCC(=O)Oc1cc(C)nn1C(C)c1ccc(Cl)c(Cl)c1. The Bertz CT molecular complexity index is 668. The van der Waals surface area contributed by atoms with E-state index < -0.39 is 0 Å². The lowest BCUT2D eigenvalue weighted by molar-refractivity contribution is -0.134. The quantitative estimate of drug-likeness (QED) is 0.781. The third-order valence-corrected chi connectivity index (χ3v) is 3.86. The molecule has 0 saturated carbocycles. The molecule has 1 atom stereocenters. The minimum atomic E-state index is -0.294. The highest BCUT2D eigenvalue weighted by molar-refractivity contribution is 6.42. The number of ether oxygens (including phenoxy) is 1. The van der Waals surface area contributed by atoms with Crippen molar-refractivity contribution in [3.05, 3.63) is 45.6 Å². The second-order valence-corrected chi connectivity index (χ2v) is 5.56. The van der Waals surface area contributed by atoms with Gasteiger partial charge in [0.2, 0.25) is 5.88 Å². The molecule has 1 heterocycles. The van der Waals surface area contributed by atoms with Gasteiger partial charge in [-0.25, -0.2) is 4.68 Å². The zero-order valence-corrected chi connectivity index (χ0v) is 13.6. The van der Waals surface area contributed by atoms with Gasteiger partial charge in [-0.15, -0.1) is 0 Å². The van der Waals surface area contributed by atoms with Crippen molar-refractivity contribution in [2.75, 3.05) is 0 Å². The number of carbonyl (C=O) groups is 1. The Morgan fingerprint density at radius 2 is 2.05 bits per heavy atom. The summed E-state index contributed by atoms with van der Waals surface area (Å²) >= 11 is 12.0. The van der Waals surface area contributed by atoms with Crippen LogP contribution in [0.5, 0.6) is 5.88 Å². The molecule has 2 aromatic rings. The van der Waals surface area contributed by atoms with E-state index in [0.29, 0.717) is 22.3 Å². The average Bonchev–Trinajstić information content (AvgIpc) is 2.81. The van der Waals surface area contributed by atoms with Crippen molar-refractivity contribution < 1.29 is 9.53 Å². The molecular weight excluding hydrogens is 311 g/mol. The number of carbonyl (C=O) groups excluding carboxylic acids is 1. The third kappa shape index (κ3) is 3.57. The Balaban J connectivity index is 2.36. The maximum absolute atomic E-state index is 11.5. The van der Waals surface area contributed by atoms with Crippen LogP contribution in [0.3, 0.4) is 0 Å². The number of nitrogens with zero attached hydrogens (tertiary/aromatic N) is 2. The summed E-state index contributed by atoms with van der Waals surface area (Å²) in [5.74, 6) is 0.135. The fourth-order valence-electron chi connectivity index (χ4n) is 1.95. The predicted molar refractivity (Wildman–Crippen MR) is 83.2 cm³/mol. The lowest BCUT2D eigenvalue weighted by Crippen LogP contribution is -2.14. The zero-order valence-electron chi connectivity index (χ0n) is 12.1. The van der Waals surface area contributed by atoms with E-state index in [-0.39, 0.29) is 12.0 Å². The summed E-state index contributed by atoms with van der Waals surface area (Å²) in [6.45, 7) is 5.55. The van der Waals surface area contributed by atoms with Crippen LogP contribution < -0.4 is 4.74 Å². The normalized spacial score (nSPS) is 12.2. The van der Waals surface area contributed by atoms with E-state index in [0.717, 1.165) is 11.3 Å². The van der Waals surface area contributed by atoms with Crippen LogP contribution in [0.25, 0.3) is 0 Å². The fourth-order valence-corrected chi connectivity index (χ4v) is 2.26. The van der Waals surface area contributed by atoms with Gasteiger partial charge in [-0.2, -0.15) is 5.10 Å². The summed E-state index contributed by atoms with van der Waals surface area (Å²) in [5, 5.41) is 5.37. The Hall–Kier alpha value is -1.52. The first-order chi connectivity index (χ1) is 9.92. The second kappa shape index (κ2) is 6.50. The molecule has 0 aliphatic rings. The van der Waals surface area contributed by atoms with Crippen molar-refractivity contribution in [1.82, 2.24) is 9.78 Å². The van der Waals surface area contributed by atoms with Gasteiger partial charge in [0.1, 0.15) is 0 Å². The molecule has 21 heavy (non-hydrogen) atoms. The lowest BCUT2D eigenvalue weighted by atomic mass is 10.1. The molecule has 1 aromatic heterocycles. The van der Waals surface area contributed by atoms with E-state index in [9.17, 15) is 4.79 Å². The van der Waals surface area contributed by atoms with Gasteiger partial charge in [-0.3, -0.25) is 4.79 Å². The molecule has 1 unspecified atom stereocenters. The van der Waals surface area contributed by atoms with Gasteiger partial charge in [0, 0.05) is 12.5 Å². The monoisotopic (exact) mass is 326 g/mol. The molecular formula is C15H16Cl2N2O2. The Labute approximate surface area is 133 Å². The molecule has 0 bridgehead atoms. The maximum atomic E-state index is 11.5. The first-order valence-electron chi connectivity index (χ1n) is 6.64. The molecule has 0 fully saturated rings. The van der Waals surface area contributed by atoms with E-state index in [1.807, 2.05) is 19.9 Å². The summed E-state index contributed by atoms with van der Waals surface area (Å²) in [7, 11) is 0. The van der Waals surface area contributed by atoms with E-state index in [1.165, 1.54) is 0 Å². The van der Waals surface area contributed by atoms with Crippen molar-refractivity contribution in [1.29, 1.82) is 0 Å². The van der Waals surface area contributed by atoms with E-state index >= 15 is 0 Å². The molecule has 4 nitrogen and oxygen atoms in total. The minimum absolute atomic E-state index is 0.131. The highest BCUT2D eigenvalue weighted by atomic mass is 35.5. The maximum Gasteiger partial charge on any atom is 0.312 e. The van der Waals surface area contributed by atoms with Gasteiger partial charge in [0.15, 0.2) is 0 Å². The van der Waals surface area contributed by atoms with E-state index in [2.05, 4.69) is 5.10 Å². The second-order valence-electron chi connectivity index (χ2n) is 4.75. The number of hydrogen-bond acceptors (Lipinski definition) is 3. The predicted octanol–water partition coefficient (Wildman–Crippen LogP) is 4.42. The standard InChI is InChI=1S/C15H16Cl2N2O2/c1-4-15(20)21-14-7-9(2)18-19(14)10(3)11-5-6-12(16)13(17)8-11/h5-8,10H,4H2,1-3H3. The molecule has 0 N–H and O–H groups in total. The highest BCUT2D eigenvalue weighted by Gasteiger charge is 2.17. The van der Waals surface area contributed by atoms with Gasteiger partial charge in [-0.05, 0) is 31.5 Å². The number of hydrogen-bond donors (Lipinski definition) is 0. The molecule has 0 saturated heterocycles. The molecule has 1 aromatic carbocycles. The topological polar surface area (TPSA) is 44.1 Å². The highest BCUT2D eigenvalue weighted by Crippen LogP contribution is 2.29. The average molecular weight is 327 g/mol. The van der Waals surface area contributed by atoms with Crippen LogP contribution in [0.2, 0.25) is 10.0 Å². The van der Waals surface area contributed by atoms with Crippen LogP contribution in [0, 0.1) is 6.92 Å². The smallest absolute Gasteiger partial charge is 0.312 e. The largest absolute Gasteiger partial charge is 0.408 e. The molecule has 0 spiro atoms. The molecule has 6 heteroatoms. The van der Waals surface area contributed by atoms with E-state index in [4.69, 9.17) is 27.9 Å². The van der Waals surface area contributed by atoms with Gasteiger partial charge >= 0.3 is 5.97 Å². The van der Waals surface area contributed by atoms with Gasteiger partial charge in [0.25, 0.3) is 0 Å². The first kappa shape index (κ1) is 15.9. The summed E-state index contributed by atoms with van der Waals surface area (Å²) < 4.78 is 6.98. The molecule has 0 amide bonds. The number of benzene rings is 1. The van der Waals surface area contributed by atoms with Crippen molar-refractivity contribution in [2.24, 2.45) is 0 Å². The molecule has 112 valence electrons. The minimum Gasteiger partial charge on any atom is -0.408 e. The third-order valence-electron chi connectivity index (χ3n) is 3.12. The van der Waals surface area contributed by atoms with Crippen LogP contribution in [0.4, 0.5) is 0 Å².